The van der Waals surface area contributed by atoms with Gasteiger partial charge in [-0.25, -0.2) is 9.59 Å². The summed E-state index contributed by atoms with van der Waals surface area (Å²) in [4.78, 5) is 28.8. The minimum atomic E-state index is -0.833. The standard InChI is InChI=1S/C4H2O3.C2H4O2.C2H4/c5-3-1-2-4(6)7-3;1-2(3)4;1-2/h1-2H;1H3,(H,3,4);1-2H2. The molecule has 0 fully saturated rings. The molecule has 1 aliphatic heterocycles. The van der Waals surface area contributed by atoms with Crippen molar-refractivity contribution < 1.29 is 24.2 Å². The molecule has 0 unspecified atom stereocenters. The summed E-state index contributed by atoms with van der Waals surface area (Å²) in [5, 5.41) is 7.42. The number of rotatable bonds is 0. The number of carboxylic acid groups (broad SMARTS) is 1. The Bertz CT molecular complexity index is 209. The zero-order chi connectivity index (χ0) is 10.9. The van der Waals surface area contributed by atoms with E-state index in [1.165, 1.54) is 0 Å². The Kier molecular flexibility index (Phi) is 8.61. The van der Waals surface area contributed by atoms with Crippen LogP contribution in [0.3, 0.4) is 0 Å². The Hall–Kier alpha value is -1.91. The molecule has 0 aromatic carbocycles. The van der Waals surface area contributed by atoms with E-state index in [-0.39, 0.29) is 0 Å². The normalized spacial score (nSPS) is 11.8. The molecular weight excluding hydrogens is 176 g/mol. The molecule has 5 heteroatoms. The third kappa shape index (κ3) is 13.1. The van der Waals surface area contributed by atoms with Crippen molar-refractivity contribution in [3.63, 3.8) is 0 Å². The van der Waals surface area contributed by atoms with Gasteiger partial charge in [0.25, 0.3) is 5.97 Å². The van der Waals surface area contributed by atoms with E-state index in [9.17, 15) is 9.59 Å². The molecule has 0 aromatic heterocycles. The van der Waals surface area contributed by atoms with E-state index >= 15 is 0 Å². The number of aliphatic carboxylic acids is 1. The number of ether oxygens (including phenoxy) is 1. The van der Waals surface area contributed by atoms with Crippen LogP contribution in [-0.4, -0.2) is 23.0 Å². The topological polar surface area (TPSA) is 80.7 Å². The lowest BCUT2D eigenvalue weighted by Crippen LogP contribution is -1.96. The van der Waals surface area contributed by atoms with Crippen LogP contribution in [0.15, 0.2) is 25.3 Å². The molecule has 1 rings (SSSR count). The third-order valence-corrected chi connectivity index (χ3v) is 0.557. The summed E-state index contributed by atoms with van der Waals surface area (Å²) in [5.41, 5.74) is 0. The van der Waals surface area contributed by atoms with Gasteiger partial charge in [-0.05, 0) is 0 Å². The molecule has 72 valence electrons. The first-order chi connectivity index (χ1) is 6.02. The van der Waals surface area contributed by atoms with Crippen LogP contribution in [0.25, 0.3) is 0 Å². The lowest BCUT2D eigenvalue weighted by molar-refractivity contribution is -0.150. The first-order valence-electron chi connectivity index (χ1n) is 3.15. The molecular formula is C8H10O5. The fourth-order valence-electron chi connectivity index (χ4n) is 0.303. The second kappa shape index (κ2) is 8.19. The average molecular weight is 186 g/mol. The number of hydrogen-bond donors (Lipinski definition) is 1. The highest BCUT2D eigenvalue weighted by molar-refractivity contribution is 6.04. The van der Waals surface area contributed by atoms with Crippen LogP contribution in [0, 0.1) is 0 Å². The van der Waals surface area contributed by atoms with E-state index in [0.29, 0.717) is 0 Å². The molecule has 0 spiro atoms. The molecule has 0 bridgehead atoms. The van der Waals surface area contributed by atoms with Crippen molar-refractivity contribution in [1.29, 1.82) is 0 Å². The van der Waals surface area contributed by atoms with E-state index in [2.05, 4.69) is 17.9 Å². The number of carbonyl (C=O) groups is 3. The maximum absolute atomic E-state index is 9.92. The summed E-state index contributed by atoms with van der Waals surface area (Å²) in [5.74, 6) is -1.99. The summed E-state index contributed by atoms with van der Waals surface area (Å²) in [6.07, 6.45) is 2.17. The molecule has 0 saturated carbocycles. The Morgan fingerprint density at radius 2 is 1.54 bits per heavy atom. The smallest absolute Gasteiger partial charge is 0.338 e. The van der Waals surface area contributed by atoms with E-state index in [4.69, 9.17) is 9.90 Å². The maximum Gasteiger partial charge on any atom is 0.338 e. The largest absolute Gasteiger partial charge is 0.481 e. The van der Waals surface area contributed by atoms with E-state index in [0.717, 1.165) is 19.1 Å². The van der Waals surface area contributed by atoms with Crippen molar-refractivity contribution in [1.82, 2.24) is 0 Å². The van der Waals surface area contributed by atoms with Crippen LogP contribution in [0.1, 0.15) is 6.92 Å². The molecule has 13 heavy (non-hydrogen) atoms. The van der Waals surface area contributed by atoms with Crippen molar-refractivity contribution in [2.45, 2.75) is 6.92 Å². The van der Waals surface area contributed by atoms with Crippen molar-refractivity contribution in [2.75, 3.05) is 0 Å². The molecule has 0 aliphatic carbocycles. The van der Waals surface area contributed by atoms with Crippen LogP contribution < -0.4 is 0 Å². The monoisotopic (exact) mass is 186 g/mol. The van der Waals surface area contributed by atoms with Crippen molar-refractivity contribution in [2.24, 2.45) is 0 Å². The van der Waals surface area contributed by atoms with E-state index < -0.39 is 17.9 Å². The number of carboxylic acids is 1. The van der Waals surface area contributed by atoms with Gasteiger partial charge in [0.15, 0.2) is 0 Å². The summed E-state index contributed by atoms with van der Waals surface area (Å²) >= 11 is 0. The summed E-state index contributed by atoms with van der Waals surface area (Å²) in [6, 6.07) is 0. The second-order valence-corrected chi connectivity index (χ2v) is 1.59. The SMILES string of the molecule is C=C.CC(=O)O.O=C1C=CC(=O)O1. The highest BCUT2D eigenvalue weighted by Crippen LogP contribution is 1.92. The van der Waals surface area contributed by atoms with Gasteiger partial charge >= 0.3 is 11.9 Å². The fraction of sp³-hybridized carbons (Fsp3) is 0.125. The van der Waals surface area contributed by atoms with Crippen molar-refractivity contribution in [3.8, 4) is 0 Å². The summed E-state index contributed by atoms with van der Waals surface area (Å²) < 4.78 is 3.97. The molecule has 0 atom stereocenters. The lowest BCUT2D eigenvalue weighted by Gasteiger charge is -1.80. The Morgan fingerprint density at radius 3 is 1.62 bits per heavy atom. The average Bonchev–Trinajstić information content (AvgIpc) is 2.38. The number of cyclic esters (lactones) is 2. The Labute approximate surface area is 75.3 Å². The van der Waals surface area contributed by atoms with Crippen LogP contribution in [0.5, 0.6) is 0 Å². The van der Waals surface area contributed by atoms with Gasteiger partial charge in [-0.15, -0.1) is 13.2 Å². The van der Waals surface area contributed by atoms with Gasteiger partial charge in [0.05, 0.1) is 0 Å². The number of carbonyl (C=O) groups excluding carboxylic acids is 2. The lowest BCUT2D eigenvalue weighted by atomic mass is 10.6. The van der Waals surface area contributed by atoms with Gasteiger partial charge in [0.1, 0.15) is 0 Å². The first kappa shape index (κ1) is 13.7. The Balaban J connectivity index is 0. The molecule has 1 aliphatic rings. The molecule has 0 saturated heterocycles. The minimum absolute atomic E-state index is 0.579. The van der Waals surface area contributed by atoms with Crippen LogP contribution >= 0.6 is 0 Å². The van der Waals surface area contributed by atoms with E-state index in [1.54, 1.807) is 0 Å². The molecule has 1 heterocycles. The van der Waals surface area contributed by atoms with Crippen LogP contribution in [-0.2, 0) is 19.1 Å². The highest BCUT2D eigenvalue weighted by atomic mass is 16.6. The van der Waals surface area contributed by atoms with Gasteiger partial charge in [-0.2, -0.15) is 0 Å². The zero-order valence-electron chi connectivity index (χ0n) is 7.15. The van der Waals surface area contributed by atoms with Gasteiger partial charge in [-0.3, -0.25) is 4.79 Å². The molecule has 1 N–H and O–H groups in total. The molecule has 5 nitrogen and oxygen atoms in total. The van der Waals surface area contributed by atoms with Crippen molar-refractivity contribution >= 4 is 17.9 Å². The van der Waals surface area contributed by atoms with Gasteiger partial charge < -0.3 is 9.84 Å². The fourth-order valence-corrected chi connectivity index (χ4v) is 0.303. The molecule has 0 amide bonds. The van der Waals surface area contributed by atoms with Gasteiger partial charge in [0, 0.05) is 19.1 Å². The number of esters is 2. The van der Waals surface area contributed by atoms with Crippen LogP contribution in [0.4, 0.5) is 0 Å². The van der Waals surface area contributed by atoms with Crippen LogP contribution in [0.2, 0.25) is 0 Å². The number of hydrogen-bond acceptors (Lipinski definition) is 4. The first-order valence-corrected chi connectivity index (χ1v) is 3.15. The minimum Gasteiger partial charge on any atom is -0.481 e. The predicted octanol–water partition coefficient (Wildman–Crippen LogP) is 0.519. The predicted molar refractivity (Wildman–Crippen MR) is 44.8 cm³/mol. The Morgan fingerprint density at radius 1 is 1.31 bits per heavy atom. The zero-order valence-corrected chi connectivity index (χ0v) is 7.15. The quantitative estimate of drug-likeness (QED) is 0.339. The summed E-state index contributed by atoms with van der Waals surface area (Å²) in [6.45, 7) is 7.08. The van der Waals surface area contributed by atoms with E-state index in [1.807, 2.05) is 0 Å². The van der Waals surface area contributed by atoms with Gasteiger partial charge in [0.2, 0.25) is 0 Å². The van der Waals surface area contributed by atoms with Gasteiger partial charge in [-0.1, -0.05) is 0 Å². The third-order valence-electron chi connectivity index (χ3n) is 0.557. The van der Waals surface area contributed by atoms with Crippen molar-refractivity contribution in [3.05, 3.63) is 25.3 Å². The maximum atomic E-state index is 9.92. The molecule has 0 radical (unpaired) electrons. The molecule has 0 aromatic rings. The highest BCUT2D eigenvalue weighted by Gasteiger charge is 2.10. The second-order valence-electron chi connectivity index (χ2n) is 1.59. The summed E-state index contributed by atoms with van der Waals surface area (Å²) in [7, 11) is 0.